The summed E-state index contributed by atoms with van der Waals surface area (Å²) in [4.78, 5) is 0.160. The molecule has 15 heavy (non-hydrogen) atoms. The molecule has 90 valence electrons. The summed E-state index contributed by atoms with van der Waals surface area (Å²) >= 11 is 3.32. The number of hydrogen-bond acceptors (Lipinski definition) is 2. The van der Waals surface area contributed by atoms with E-state index in [9.17, 15) is 8.42 Å². The van der Waals surface area contributed by atoms with E-state index in [0.29, 0.717) is 13.1 Å². The van der Waals surface area contributed by atoms with Crippen LogP contribution in [0, 0.1) is 0 Å². The quantitative estimate of drug-likeness (QED) is 0.799. The van der Waals surface area contributed by atoms with E-state index in [1.807, 2.05) is 13.8 Å². The second-order valence-corrected chi connectivity index (χ2v) is 7.36. The fourth-order valence-corrected chi connectivity index (χ4v) is 3.68. The van der Waals surface area contributed by atoms with Gasteiger partial charge in [-0.2, -0.15) is 12.7 Å². The lowest BCUT2D eigenvalue weighted by Gasteiger charge is -2.32. The molecule has 1 aliphatic heterocycles. The first kappa shape index (κ1) is 13.4. The van der Waals surface area contributed by atoms with Gasteiger partial charge in [-0.25, -0.2) is 4.72 Å². The predicted molar refractivity (Wildman–Crippen MR) is 65.3 cm³/mol. The number of alkyl halides is 1. The Labute approximate surface area is 101 Å². The van der Waals surface area contributed by atoms with E-state index < -0.39 is 10.2 Å². The van der Waals surface area contributed by atoms with Gasteiger partial charge in [-0.15, -0.1) is 0 Å². The lowest BCUT2D eigenvalue weighted by atomic mass is 10.1. The highest BCUT2D eigenvalue weighted by Crippen LogP contribution is 2.18. The molecule has 0 aromatic rings. The largest absolute Gasteiger partial charge is 0.279 e. The summed E-state index contributed by atoms with van der Waals surface area (Å²) in [6.07, 6.45) is 3.06. The molecule has 2 unspecified atom stereocenters. The van der Waals surface area contributed by atoms with Crippen molar-refractivity contribution in [3.63, 3.8) is 0 Å². The number of nitrogens with one attached hydrogen (secondary N) is 1. The van der Waals surface area contributed by atoms with Gasteiger partial charge in [-0.1, -0.05) is 29.3 Å². The number of hydrogen-bond donors (Lipinski definition) is 1. The number of halogens is 1. The van der Waals surface area contributed by atoms with E-state index in [-0.39, 0.29) is 10.9 Å². The Morgan fingerprint density at radius 1 is 1.53 bits per heavy atom. The Morgan fingerprint density at radius 3 is 2.73 bits per heavy atom. The van der Waals surface area contributed by atoms with Crippen LogP contribution in [0.25, 0.3) is 0 Å². The summed E-state index contributed by atoms with van der Waals surface area (Å²) in [5.74, 6) is 0. The molecule has 6 heteroatoms. The molecule has 0 radical (unpaired) electrons. The van der Waals surface area contributed by atoms with Crippen LogP contribution < -0.4 is 4.72 Å². The van der Waals surface area contributed by atoms with Gasteiger partial charge in [0.25, 0.3) is 10.2 Å². The summed E-state index contributed by atoms with van der Waals surface area (Å²) in [5, 5.41) is 0. The van der Waals surface area contributed by atoms with Crippen LogP contribution in [0.5, 0.6) is 0 Å². The smallest absolute Gasteiger partial charge is 0.201 e. The van der Waals surface area contributed by atoms with Crippen LogP contribution in [0.4, 0.5) is 0 Å². The van der Waals surface area contributed by atoms with Gasteiger partial charge in [0.1, 0.15) is 0 Å². The zero-order valence-corrected chi connectivity index (χ0v) is 11.6. The van der Waals surface area contributed by atoms with Crippen molar-refractivity contribution < 1.29 is 8.42 Å². The van der Waals surface area contributed by atoms with E-state index >= 15 is 0 Å². The molecule has 0 aromatic carbocycles. The molecule has 0 amide bonds. The molecular formula is C9H19BrN2O2S. The summed E-state index contributed by atoms with van der Waals surface area (Å²) in [6, 6.07) is 0.127. The molecule has 0 aliphatic carbocycles. The van der Waals surface area contributed by atoms with Crippen molar-refractivity contribution in [2.24, 2.45) is 0 Å². The Balaban J connectivity index is 2.59. The van der Waals surface area contributed by atoms with Crippen LogP contribution in [0.1, 0.15) is 33.1 Å². The Hall–Kier alpha value is 0.350. The van der Waals surface area contributed by atoms with E-state index in [2.05, 4.69) is 20.7 Å². The molecule has 0 saturated carbocycles. The predicted octanol–water partition coefficient (Wildman–Crippen LogP) is 1.48. The van der Waals surface area contributed by atoms with Crippen LogP contribution in [0.3, 0.4) is 0 Å². The average molecular weight is 299 g/mol. The Kier molecular flexibility index (Phi) is 5.02. The fourth-order valence-electron chi connectivity index (χ4n) is 1.73. The van der Waals surface area contributed by atoms with Crippen LogP contribution in [0.2, 0.25) is 0 Å². The Morgan fingerprint density at radius 2 is 2.20 bits per heavy atom. The molecule has 0 aromatic heterocycles. The van der Waals surface area contributed by atoms with E-state index in [4.69, 9.17) is 0 Å². The zero-order chi connectivity index (χ0) is 11.5. The van der Waals surface area contributed by atoms with Gasteiger partial charge in [-0.05, 0) is 19.8 Å². The second kappa shape index (κ2) is 5.61. The molecule has 1 rings (SSSR count). The molecule has 2 atom stereocenters. The van der Waals surface area contributed by atoms with E-state index in [1.165, 1.54) is 0 Å². The monoisotopic (exact) mass is 298 g/mol. The highest BCUT2D eigenvalue weighted by atomic mass is 79.9. The van der Waals surface area contributed by atoms with Crippen LogP contribution >= 0.6 is 15.9 Å². The molecule has 1 saturated heterocycles. The zero-order valence-electron chi connectivity index (χ0n) is 9.24. The fraction of sp³-hybridized carbons (Fsp3) is 1.00. The average Bonchev–Trinajstić information content (AvgIpc) is 2.15. The van der Waals surface area contributed by atoms with Gasteiger partial charge in [0, 0.05) is 24.0 Å². The topological polar surface area (TPSA) is 49.4 Å². The normalized spacial score (nSPS) is 26.5. The first-order valence-corrected chi connectivity index (χ1v) is 7.69. The van der Waals surface area contributed by atoms with Crippen LogP contribution in [-0.2, 0) is 10.2 Å². The van der Waals surface area contributed by atoms with Crippen molar-refractivity contribution in [1.29, 1.82) is 0 Å². The van der Waals surface area contributed by atoms with Crippen molar-refractivity contribution in [3.05, 3.63) is 0 Å². The lowest BCUT2D eigenvalue weighted by molar-refractivity contribution is 0.265. The summed E-state index contributed by atoms with van der Waals surface area (Å²) < 4.78 is 28.0. The van der Waals surface area contributed by atoms with Crippen LogP contribution in [0.15, 0.2) is 0 Å². The minimum absolute atomic E-state index is 0.127. The second-order valence-electron chi connectivity index (χ2n) is 4.09. The highest BCUT2D eigenvalue weighted by molar-refractivity contribution is 9.09. The van der Waals surface area contributed by atoms with Crippen molar-refractivity contribution in [1.82, 2.24) is 9.03 Å². The first-order chi connectivity index (χ1) is 6.93. The molecule has 4 nitrogen and oxygen atoms in total. The van der Waals surface area contributed by atoms with Gasteiger partial charge in [0.05, 0.1) is 0 Å². The molecule has 0 bridgehead atoms. The molecule has 1 heterocycles. The number of piperidine rings is 1. The molecule has 1 aliphatic rings. The third-order valence-corrected chi connectivity index (χ3v) is 4.61. The highest BCUT2D eigenvalue weighted by Gasteiger charge is 2.29. The minimum Gasteiger partial charge on any atom is -0.201 e. The molecular weight excluding hydrogens is 280 g/mol. The maximum atomic E-state index is 11.9. The summed E-state index contributed by atoms with van der Waals surface area (Å²) in [6.45, 7) is 4.97. The van der Waals surface area contributed by atoms with Gasteiger partial charge in [0.2, 0.25) is 0 Å². The standard InChI is InChI=1S/C9H19BrN2O2S/c1-8(10)7-11-15(13,14)12-6-4-3-5-9(12)2/h8-9,11H,3-7H2,1-2H3. The Bertz CT molecular complexity index is 292. The maximum Gasteiger partial charge on any atom is 0.279 e. The molecule has 1 fully saturated rings. The third-order valence-electron chi connectivity index (χ3n) is 2.60. The number of rotatable bonds is 4. The lowest BCUT2D eigenvalue weighted by Crippen LogP contribution is -2.48. The minimum atomic E-state index is -3.27. The molecule has 0 spiro atoms. The number of nitrogens with zero attached hydrogens (tertiary/aromatic N) is 1. The van der Waals surface area contributed by atoms with Gasteiger partial charge in [0.15, 0.2) is 0 Å². The van der Waals surface area contributed by atoms with Crippen molar-refractivity contribution in [3.8, 4) is 0 Å². The third kappa shape index (κ3) is 4.01. The van der Waals surface area contributed by atoms with E-state index in [1.54, 1.807) is 4.31 Å². The summed E-state index contributed by atoms with van der Waals surface area (Å²) in [7, 11) is -3.27. The van der Waals surface area contributed by atoms with Crippen LogP contribution in [-0.4, -0.2) is 36.7 Å². The van der Waals surface area contributed by atoms with Crippen molar-refractivity contribution >= 4 is 26.1 Å². The first-order valence-electron chi connectivity index (χ1n) is 5.34. The summed E-state index contributed by atoms with van der Waals surface area (Å²) in [5.41, 5.74) is 0. The van der Waals surface area contributed by atoms with Gasteiger partial charge >= 0.3 is 0 Å². The maximum absolute atomic E-state index is 11.9. The van der Waals surface area contributed by atoms with Crippen molar-refractivity contribution in [2.75, 3.05) is 13.1 Å². The van der Waals surface area contributed by atoms with Gasteiger partial charge in [-0.3, -0.25) is 0 Å². The van der Waals surface area contributed by atoms with Gasteiger partial charge < -0.3 is 0 Å². The SMILES string of the molecule is CC(Br)CNS(=O)(=O)N1CCCCC1C. The van der Waals surface area contributed by atoms with E-state index in [0.717, 1.165) is 19.3 Å². The van der Waals surface area contributed by atoms with Crippen molar-refractivity contribution in [2.45, 2.75) is 44.0 Å². The molecule has 1 N–H and O–H groups in total.